The standard InChI is InChI=1S/C40H57F3N2OSi/c1-5-7-9-10-16-20-31-21-23-32(24-22-31)33-27-44-38(45-28-33)34-25-26-35-36(37(34)41)40(42,43)39(46-35)47-30(4)19-15-12-11-14-18-29(3)17-13-8-6-2/h21-30,39H,5-20,47H2,1-4H3. The third-order valence-corrected chi connectivity index (χ3v) is 12.2. The molecule has 0 spiro atoms. The molecule has 3 nitrogen and oxygen atoms in total. The summed E-state index contributed by atoms with van der Waals surface area (Å²) in [5.41, 5.74) is 1.38. The number of fused-ring (bicyclic) bond motifs is 1. The maximum absolute atomic E-state index is 15.7. The Bertz CT molecular complexity index is 1350. The van der Waals surface area contributed by atoms with Gasteiger partial charge in [0.05, 0.1) is 15.1 Å². The van der Waals surface area contributed by atoms with Crippen LogP contribution < -0.4 is 4.74 Å². The van der Waals surface area contributed by atoms with Gasteiger partial charge in [0.1, 0.15) is 22.9 Å². The lowest BCUT2D eigenvalue weighted by Crippen LogP contribution is -2.37. The van der Waals surface area contributed by atoms with Gasteiger partial charge in [0.25, 0.3) is 0 Å². The molecular weight excluding hydrogens is 610 g/mol. The number of hydrogen-bond acceptors (Lipinski definition) is 3. The Balaban J connectivity index is 1.28. The first kappa shape index (κ1) is 37.2. The van der Waals surface area contributed by atoms with Crippen LogP contribution in [0.4, 0.5) is 13.2 Å². The lowest BCUT2D eigenvalue weighted by atomic mass is 9.96. The molecule has 2 heterocycles. The quantitative estimate of drug-likeness (QED) is 0.0838. The number of unbranched alkanes of at least 4 members (excludes halogenated alkanes) is 9. The molecule has 2 aromatic carbocycles. The fourth-order valence-corrected chi connectivity index (χ4v) is 8.88. The van der Waals surface area contributed by atoms with Gasteiger partial charge in [0.15, 0.2) is 5.82 Å². The molecule has 3 unspecified atom stereocenters. The van der Waals surface area contributed by atoms with Crippen LogP contribution >= 0.6 is 0 Å². The Morgan fingerprint density at radius 1 is 0.745 bits per heavy atom. The molecule has 0 N–H and O–H groups in total. The normalized spacial score (nSPS) is 16.8. The van der Waals surface area contributed by atoms with Crippen molar-refractivity contribution in [2.75, 3.05) is 0 Å². The van der Waals surface area contributed by atoms with E-state index in [9.17, 15) is 0 Å². The number of benzene rings is 2. The van der Waals surface area contributed by atoms with Crippen LogP contribution in [-0.4, -0.2) is 25.2 Å². The number of nitrogens with zero attached hydrogens (tertiary/aromatic N) is 2. The Kier molecular flexibility index (Phi) is 14.8. The molecule has 1 aliphatic heterocycles. The molecular formula is C40H57F3N2OSi. The van der Waals surface area contributed by atoms with E-state index < -0.39 is 32.6 Å². The molecule has 1 aromatic heterocycles. The summed E-state index contributed by atoms with van der Waals surface area (Å²) in [5.74, 6) is -3.49. The van der Waals surface area contributed by atoms with Gasteiger partial charge in [-0.25, -0.2) is 14.4 Å². The monoisotopic (exact) mass is 666 g/mol. The van der Waals surface area contributed by atoms with Crippen molar-refractivity contribution < 1.29 is 17.9 Å². The van der Waals surface area contributed by atoms with Crippen LogP contribution in [0.1, 0.15) is 135 Å². The summed E-state index contributed by atoms with van der Waals surface area (Å²) in [5, 5.41) is 0. The zero-order chi connectivity index (χ0) is 33.6. The second-order valence-electron chi connectivity index (χ2n) is 14.1. The Morgan fingerprint density at radius 3 is 2.02 bits per heavy atom. The molecule has 0 saturated carbocycles. The van der Waals surface area contributed by atoms with E-state index in [0.717, 1.165) is 42.7 Å². The van der Waals surface area contributed by atoms with Crippen LogP contribution in [-0.2, 0) is 12.3 Å². The van der Waals surface area contributed by atoms with Crippen molar-refractivity contribution in [3.8, 4) is 28.3 Å². The van der Waals surface area contributed by atoms with Gasteiger partial charge in [-0.15, -0.1) is 0 Å². The van der Waals surface area contributed by atoms with Gasteiger partial charge in [-0.2, -0.15) is 8.78 Å². The van der Waals surface area contributed by atoms with Crippen LogP contribution in [0.2, 0.25) is 5.54 Å². The van der Waals surface area contributed by atoms with Crippen LogP contribution in [0, 0.1) is 11.7 Å². The minimum atomic E-state index is -3.36. The predicted molar refractivity (Wildman–Crippen MR) is 193 cm³/mol. The number of ether oxygens (including phenoxy) is 1. The van der Waals surface area contributed by atoms with Crippen molar-refractivity contribution in [2.24, 2.45) is 5.92 Å². The summed E-state index contributed by atoms with van der Waals surface area (Å²) in [4.78, 5) is 8.76. The van der Waals surface area contributed by atoms with E-state index >= 15 is 13.2 Å². The number of hydrogen-bond donors (Lipinski definition) is 0. The van der Waals surface area contributed by atoms with Crippen LogP contribution in [0.25, 0.3) is 22.5 Å². The fraction of sp³-hybridized carbons (Fsp3) is 0.600. The fourth-order valence-electron chi connectivity index (χ4n) is 6.85. The van der Waals surface area contributed by atoms with Gasteiger partial charge in [0, 0.05) is 18.0 Å². The van der Waals surface area contributed by atoms with Crippen molar-refractivity contribution >= 4 is 9.52 Å². The Morgan fingerprint density at radius 2 is 1.34 bits per heavy atom. The van der Waals surface area contributed by atoms with E-state index in [1.807, 2.05) is 0 Å². The van der Waals surface area contributed by atoms with E-state index in [0.29, 0.717) is 0 Å². The third kappa shape index (κ3) is 10.7. The van der Waals surface area contributed by atoms with Crippen molar-refractivity contribution in [3.05, 3.63) is 65.7 Å². The van der Waals surface area contributed by atoms with E-state index in [2.05, 4.69) is 61.9 Å². The highest BCUT2D eigenvalue weighted by Gasteiger charge is 2.53. The second kappa shape index (κ2) is 18.8. The maximum atomic E-state index is 15.7. The number of rotatable bonds is 21. The molecule has 0 bridgehead atoms. The summed E-state index contributed by atoms with van der Waals surface area (Å²) < 4.78 is 52.8. The molecule has 1 aliphatic rings. The maximum Gasteiger partial charge on any atom is 0.311 e. The van der Waals surface area contributed by atoms with Gasteiger partial charge in [-0.1, -0.05) is 147 Å². The van der Waals surface area contributed by atoms with E-state index in [4.69, 9.17) is 4.74 Å². The number of aromatic nitrogens is 2. The topological polar surface area (TPSA) is 35.0 Å². The average molecular weight is 667 g/mol. The summed E-state index contributed by atoms with van der Waals surface area (Å²) in [7, 11) is -1.33. The largest absolute Gasteiger partial charge is 0.488 e. The van der Waals surface area contributed by atoms with Crippen LogP contribution in [0.15, 0.2) is 48.8 Å². The number of alkyl halides is 2. The summed E-state index contributed by atoms with van der Waals surface area (Å²) in [6.07, 6.45) is 22.7. The van der Waals surface area contributed by atoms with Gasteiger partial charge in [-0.05, 0) is 42.0 Å². The molecule has 0 saturated heterocycles. The minimum absolute atomic E-state index is 0.0213. The Labute approximate surface area is 284 Å². The van der Waals surface area contributed by atoms with Crippen molar-refractivity contribution in [1.82, 2.24) is 9.97 Å². The molecule has 0 fully saturated rings. The van der Waals surface area contributed by atoms with Gasteiger partial charge in [0.2, 0.25) is 0 Å². The van der Waals surface area contributed by atoms with Crippen LogP contribution in [0.3, 0.4) is 0 Å². The molecule has 0 amide bonds. The lowest BCUT2D eigenvalue weighted by Gasteiger charge is -2.21. The highest BCUT2D eigenvalue weighted by atomic mass is 28.2. The third-order valence-electron chi connectivity index (χ3n) is 9.92. The van der Waals surface area contributed by atoms with E-state index in [-0.39, 0.29) is 22.7 Å². The number of aryl methyl sites for hydroxylation is 1. The lowest BCUT2D eigenvalue weighted by molar-refractivity contribution is -0.0451. The first-order valence-electron chi connectivity index (χ1n) is 18.5. The number of halogens is 3. The highest BCUT2D eigenvalue weighted by molar-refractivity contribution is 6.39. The second-order valence-corrected chi connectivity index (χ2v) is 16.7. The first-order valence-corrected chi connectivity index (χ1v) is 20.2. The molecule has 47 heavy (non-hydrogen) atoms. The Hall–Kier alpha value is -2.67. The molecule has 0 radical (unpaired) electrons. The van der Waals surface area contributed by atoms with E-state index in [1.165, 1.54) is 94.7 Å². The summed E-state index contributed by atoms with van der Waals surface area (Å²) >= 11 is 0. The van der Waals surface area contributed by atoms with Gasteiger partial charge in [-0.3, -0.25) is 0 Å². The summed E-state index contributed by atoms with van der Waals surface area (Å²) in [6.45, 7) is 8.88. The smallest absolute Gasteiger partial charge is 0.311 e. The average Bonchev–Trinajstić information content (AvgIpc) is 3.32. The van der Waals surface area contributed by atoms with Gasteiger partial charge >= 0.3 is 5.92 Å². The highest BCUT2D eigenvalue weighted by Crippen LogP contribution is 2.49. The minimum Gasteiger partial charge on any atom is -0.488 e. The zero-order valence-corrected chi connectivity index (χ0v) is 30.7. The first-order chi connectivity index (χ1) is 22.7. The summed E-state index contributed by atoms with van der Waals surface area (Å²) in [6, 6.07) is 11.3. The zero-order valence-electron chi connectivity index (χ0n) is 29.3. The molecule has 3 atom stereocenters. The predicted octanol–water partition coefficient (Wildman–Crippen LogP) is 11.8. The molecule has 7 heteroatoms. The molecule has 0 aliphatic carbocycles. The molecule has 258 valence electrons. The van der Waals surface area contributed by atoms with Crippen LogP contribution in [0.5, 0.6) is 5.75 Å². The molecule has 4 rings (SSSR count). The molecule has 3 aromatic rings. The van der Waals surface area contributed by atoms with Gasteiger partial charge < -0.3 is 4.74 Å². The van der Waals surface area contributed by atoms with Crippen molar-refractivity contribution in [3.63, 3.8) is 0 Å². The van der Waals surface area contributed by atoms with Crippen molar-refractivity contribution in [1.29, 1.82) is 0 Å². The SMILES string of the molecule is CCCCCCCc1ccc(-c2cnc(-c3ccc4c(c3F)C(F)(F)C([SiH2]C(C)CCCCCCC(C)CCCCC)O4)nc2)cc1. The van der Waals surface area contributed by atoms with E-state index in [1.54, 1.807) is 12.4 Å². The van der Waals surface area contributed by atoms with Crippen molar-refractivity contribution in [2.45, 2.75) is 148 Å².